The third kappa shape index (κ3) is 3.99. The molecule has 1 amide bonds. The van der Waals surface area contributed by atoms with Gasteiger partial charge in [0.2, 0.25) is 0 Å². The topological polar surface area (TPSA) is 61.9 Å². The normalized spacial score (nSPS) is 18.6. The molecule has 2 aliphatic rings. The minimum absolute atomic E-state index is 0.0375. The lowest BCUT2D eigenvalue weighted by Crippen LogP contribution is -2.40. The van der Waals surface area contributed by atoms with Gasteiger partial charge < -0.3 is 4.90 Å². The van der Waals surface area contributed by atoms with Crippen molar-refractivity contribution in [3.8, 4) is 11.1 Å². The summed E-state index contributed by atoms with van der Waals surface area (Å²) in [6.07, 6.45) is 6.15. The number of amides is 1. The van der Waals surface area contributed by atoms with E-state index < -0.39 is 0 Å². The summed E-state index contributed by atoms with van der Waals surface area (Å²) in [5.41, 5.74) is 6.80. The average Bonchev–Trinajstić information content (AvgIpc) is 3.23. The van der Waals surface area contributed by atoms with Crippen LogP contribution in [-0.4, -0.2) is 39.1 Å². The van der Waals surface area contributed by atoms with E-state index in [9.17, 15) is 9.18 Å². The molecule has 2 aromatic heterocycles. The van der Waals surface area contributed by atoms with Gasteiger partial charge in [-0.1, -0.05) is 12.1 Å². The lowest BCUT2D eigenvalue weighted by Gasteiger charge is -2.32. The maximum atomic E-state index is 13.3. The van der Waals surface area contributed by atoms with Crippen LogP contribution in [0.5, 0.6) is 0 Å². The Labute approximate surface area is 181 Å². The number of nitrogens with one attached hydrogen (secondary N) is 1. The lowest BCUT2D eigenvalue weighted by atomic mass is 9.91. The standard InChI is InChI=1S/C25H27FN4O/c1-16-13-19(17-8-10-20(26)11-9-17)14-23(27-16)18-5-4-12-30(15-18)25(31)24-21-6-2-3-7-22(21)28-29-24/h8-11,13-14,18H,2-7,12,15H2,1H3,(H,28,29). The summed E-state index contributed by atoms with van der Waals surface area (Å²) in [6, 6.07) is 10.7. The number of carbonyl (C=O) groups excluding carboxylic acids is 1. The highest BCUT2D eigenvalue weighted by molar-refractivity contribution is 5.94. The van der Waals surface area contributed by atoms with E-state index in [4.69, 9.17) is 4.98 Å². The maximum absolute atomic E-state index is 13.3. The molecule has 6 heteroatoms. The number of nitrogens with zero attached hydrogens (tertiary/aromatic N) is 3. The molecule has 1 aliphatic carbocycles. The number of carbonyl (C=O) groups is 1. The second kappa shape index (κ2) is 8.25. The second-order valence-electron chi connectivity index (χ2n) is 8.76. The molecular weight excluding hydrogens is 391 g/mol. The first-order valence-electron chi connectivity index (χ1n) is 11.2. The lowest BCUT2D eigenvalue weighted by molar-refractivity contribution is 0.0698. The van der Waals surface area contributed by atoms with Crippen LogP contribution in [0.1, 0.15) is 64.7 Å². The number of likely N-dealkylation sites (tertiary alicyclic amines) is 1. The van der Waals surface area contributed by atoms with Crippen molar-refractivity contribution in [2.24, 2.45) is 0 Å². The van der Waals surface area contributed by atoms with Gasteiger partial charge in [-0.05, 0) is 80.8 Å². The van der Waals surface area contributed by atoms with Gasteiger partial charge in [0.1, 0.15) is 5.82 Å². The highest BCUT2D eigenvalue weighted by Gasteiger charge is 2.30. The minimum Gasteiger partial charge on any atom is -0.337 e. The molecule has 0 spiro atoms. The summed E-state index contributed by atoms with van der Waals surface area (Å²) in [5.74, 6) is -0.0150. The molecule has 160 valence electrons. The fraction of sp³-hybridized carbons (Fsp3) is 0.400. The summed E-state index contributed by atoms with van der Waals surface area (Å²) < 4.78 is 13.3. The zero-order chi connectivity index (χ0) is 21.4. The number of aryl methyl sites for hydroxylation is 2. The van der Waals surface area contributed by atoms with Gasteiger partial charge in [-0.15, -0.1) is 0 Å². The van der Waals surface area contributed by atoms with Crippen LogP contribution in [0.2, 0.25) is 0 Å². The van der Waals surface area contributed by atoms with E-state index in [1.807, 2.05) is 17.9 Å². The smallest absolute Gasteiger partial charge is 0.274 e. The molecule has 31 heavy (non-hydrogen) atoms. The van der Waals surface area contributed by atoms with Crippen molar-refractivity contribution in [3.05, 3.63) is 70.6 Å². The van der Waals surface area contributed by atoms with E-state index in [1.54, 1.807) is 12.1 Å². The van der Waals surface area contributed by atoms with Gasteiger partial charge in [-0.25, -0.2) is 4.39 Å². The third-order valence-corrected chi connectivity index (χ3v) is 6.54. The number of rotatable bonds is 3. The SMILES string of the molecule is Cc1cc(-c2ccc(F)cc2)cc(C2CCCN(C(=O)c3n[nH]c4c3CCCC4)C2)n1. The van der Waals surface area contributed by atoms with Crippen molar-refractivity contribution in [1.29, 1.82) is 0 Å². The summed E-state index contributed by atoms with van der Waals surface area (Å²) in [7, 11) is 0. The second-order valence-corrected chi connectivity index (χ2v) is 8.76. The monoisotopic (exact) mass is 418 g/mol. The molecule has 1 saturated heterocycles. The number of piperidine rings is 1. The third-order valence-electron chi connectivity index (χ3n) is 6.54. The average molecular weight is 419 g/mol. The number of fused-ring (bicyclic) bond motifs is 1. The van der Waals surface area contributed by atoms with Gasteiger partial charge in [-0.2, -0.15) is 5.10 Å². The first-order valence-corrected chi connectivity index (χ1v) is 11.2. The predicted molar refractivity (Wildman–Crippen MR) is 117 cm³/mol. The van der Waals surface area contributed by atoms with Gasteiger partial charge >= 0.3 is 0 Å². The highest BCUT2D eigenvalue weighted by atomic mass is 19.1. The van der Waals surface area contributed by atoms with Crippen LogP contribution in [0.15, 0.2) is 36.4 Å². The summed E-state index contributed by atoms with van der Waals surface area (Å²) >= 11 is 0. The number of aromatic amines is 1. The van der Waals surface area contributed by atoms with Crippen LogP contribution in [0.4, 0.5) is 4.39 Å². The molecular formula is C25H27FN4O. The Hall–Kier alpha value is -3.02. The molecule has 3 heterocycles. The van der Waals surface area contributed by atoms with Gasteiger partial charge in [0, 0.05) is 41.7 Å². The predicted octanol–water partition coefficient (Wildman–Crippen LogP) is 4.82. The van der Waals surface area contributed by atoms with Gasteiger partial charge in [-0.3, -0.25) is 14.9 Å². The molecule has 5 nitrogen and oxygen atoms in total. The quantitative estimate of drug-likeness (QED) is 0.663. The van der Waals surface area contributed by atoms with Crippen LogP contribution in [-0.2, 0) is 12.8 Å². The van der Waals surface area contributed by atoms with Crippen LogP contribution < -0.4 is 0 Å². The van der Waals surface area contributed by atoms with Crippen LogP contribution in [0.25, 0.3) is 11.1 Å². The fourth-order valence-electron chi connectivity index (χ4n) is 4.92. The van der Waals surface area contributed by atoms with Crippen molar-refractivity contribution in [1.82, 2.24) is 20.1 Å². The summed E-state index contributed by atoms with van der Waals surface area (Å²) in [6.45, 7) is 3.39. The molecule has 1 aromatic carbocycles. The van der Waals surface area contributed by atoms with E-state index in [-0.39, 0.29) is 17.6 Å². The molecule has 1 fully saturated rings. The molecule has 1 N–H and O–H groups in total. The number of hydrogen-bond donors (Lipinski definition) is 1. The Morgan fingerprint density at radius 1 is 1.10 bits per heavy atom. The van der Waals surface area contributed by atoms with Crippen molar-refractivity contribution >= 4 is 5.91 Å². The van der Waals surface area contributed by atoms with Crippen molar-refractivity contribution < 1.29 is 9.18 Å². The van der Waals surface area contributed by atoms with Crippen molar-refractivity contribution in [2.45, 2.75) is 51.4 Å². The van der Waals surface area contributed by atoms with E-state index >= 15 is 0 Å². The number of H-pyrrole nitrogens is 1. The highest BCUT2D eigenvalue weighted by Crippen LogP contribution is 2.31. The van der Waals surface area contributed by atoms with Gasteiger partial charge in [0.25, 0.3) is 5.91 Å². The Bertz CT molecular complexity index is 1110. The Morgan fingerprint density at radius 3 is 2.74 bits per heavy atom. The zero-order valence-corrected chi connectivity index (χ0v) is 17.8. The van der Waals surface area contributed by atoms with Crippen molar-refractivity contribution in [2.75, 3.05) is 13.1 Å². The van der Waals surface area contributed by atoms with Gasteiger partial charge in [0.15, 0.2) is 5.69 Å². The number of pyridine rings is 1. The molecule has 0 radical (unpaired) electrons. The number of benzene rings is 1. The number of halogens is 1. The number of aromatic nitrogens is 3. The van der Waals surface area contributed by atoms with E-state index in [0.717, 1.165) is 78.8 Å². The molecule has 1 atom stereocenters. The minimum atomic E-state index is -0.239. The van der Waals surface area contributed by atoms with E-state index in [0.29, 0.717) is 12.2 Å². The summed E-state index contributed by atoms with van der Waals surface area (Å²) in [5, 5.41) is 7.47. The van der Waals surface area contributed by atoms with E-state index in [2.05, 4.69) is 16.3 Å². The molecule has 5 rings (SSSR count). The largest absolute Gasteiger partial charge is 0.337 e. The molecule has 3 aromatic rings. The molecule has 1 unspecified atom stereocenters. The first-order chi connectivity index (χ1) is 15.1. The molecule has 1 aliphatic heterocycles. The summed E-state index contributed by atoms with van der Waals surface area (Å²) in [4.78, 5) is 20.0. The Morgan fingerprint density at radius 2 is 1.90 bits per heavy atom. The maximum Gasteiger partial charge on any atom is 0.274 e. The van der Waals surface area contributed by atoms with Crippen molar-refractivity contribution in [3.63, 3.8) is 0 Å². The Balaban J connectivity index is 1.38. The number of hydrogen-bond acceptors (Lipinski definition) is 3. The first kappa shape index (κ1) is 19.9. The van der Waals surface area contributed by atoms with Crippen LogP contribution in [0.3, 0.4) is 0 Å². The fourth-order valence-corrected chi connectivity index (χ4v) is 4.92. The van der Waals surface area contributed by atoms with Gasteiger partial charge in [0.05, 0.1) is 0 Å². The van der Waals surface area contributed by atoms with E-state index in [1.165, 1.54) is 12.1 Å². The molecule has 0 bridgehead atoms. The van der Waals surface area contributed by atoms with Crippen LogP contribution in [0, 0.1) is 12.7 Å². The Kier molecular flexibility index (Phi) is 5.30. The van der Waals surface area contributed by atoms with Crippen LogP contribution >= 0.6 is 0 Å². The molecule has 0 saturated carbocycles. The zero-order valence-electron chi connectivity index (χ0n) is 17.8.